The number of carbonyl (C=O) groups is 1. The van der Waals surface area contributed by atoms with E-state index in [1.165, 1.54) is 12.4 Å². The molecule has 1 unspecified atom stereocenters. The molecule has 0 bridgehead atoms. The van der Waals surface area contributed by atoms with Gasteiger partial charge in [0.25, 0.3) is 6.43 Å². The van der Waals surface area contributed by atoms with Crippen LogP contribution in [0.2, 0.25) is 0 Å². The highest BCUT2D eigenvalue weighted by Gasteiger charge is 2.22. The number of alkyl halides is 2. The van der Waals surface area contributed by atoms with E-state index in [1.54, 1.807) is 0 Å². The quantitative estimate of drug-likeness (QED) is 0.825. The summed E-state index contributed by atoms with van der Waals surface area (Å²) in [5.41, 5.74) is 0.448. The first kappa shape index (κ1) is 12.0. The Morgan fingerprint density at radius 1 is 1.71 bits per heavy atom. The molecule has 1 aromatic heterocycles. The summed E-state index contributed by atoms with van der Waals surface area (Å²) in [6, 6.07) is -0.187. The lowest BCUT2D eigenvalue weighted by atomic mass is 10.2. The third kappa shape index (κ3) is 3.23. The van der Waals surface area contributed by atoms with Gasteiger partial charge in [0.1, 0.15) is 6.54 Å². The normalized spacial score (nSPS) is 19.8. The topological polar surface area (TPSA) is 59.0 Å². The van der Waals surface area contributed by atoms with Gasteiger partial charge in [-0.1, -0.05) is 0 Å². The second kappa shape index (κ2) is 5.22. The molecule has 2 N–H and O–H groups in total. The molecule has 1 atom stereocenters. The van der Waals surface area contributed by atoms with Crippen molar-refractivity contribution in [3.8, 4) is 0 Å². The number of anilines is 1. The van der Waals surface area contributed by atoms with Crippen LogP contribution in [0.1, 0.15) is 12.8 Å². The fourth-order valence-electron chi connectivity index (χ4n) is 1.81. The van der Waals surface area contributed by atoms with Crippen LogP contribution in [0.3, 0.4) is 0 Å². The number of rotatable bonds is 4. The second-order valence-corrected chi connectivity index (χ2v) is 3.98. The van der Waals surface area contributed by atoms with Gasteiger partial charge < -0.3 is 10.6 Å². The summed E-state index contributed by atoms with van der Waals surface area (Å²) in [7, 11) is 0. The Bertz CT molecular complexity index is 387. The number of nitrogens with one attached hydrogen (secondary N) is 2. The maximum Gasteiger partial charge on any atom is 0.257 e. The summed E-state index contributed by atoms with van der Waals surface area (Å²) in [6.07, 6.45) is 2.10. The molecular weight excluding hydrogens is 230 g/mol. The smallest absolute Gasteiger partial charge is 0.257 e. The zero-order valence-electron chi connectivity index (χ0n) is 9.20. The van der Waals surface area contributed by atoms with Gasteiger partial charge in [0.05, 0.1) is 17.9 Å². The largest absolute Gasteiger partial charge is 0.322 e. The molecule has 1 aliphatic rings. The highest BCUT2D eigenvalue weighted by atomic mass is 19.3. The lowest BCUT2D eigenvalue weighted by Gasteiger charge is -2.08. The fourth-order valence-corrected chi connectivity index (χ4v) is 1.81. The van der Waals surface area contributed by atoms with Crippen LogP contribution in [0.4, 0.5) is 14.5 Å². The van der Waals surface area contributed by atoms with Gasteiger partial charge in [-0.3, -0.25) is 9.48 Å². The molecule has 0 saturated carbocycles. The van der Waals surface area contributed by atoms with E-state index >= 15 is 0 Å². The Kier molecular flexibility index (Phi) is 3.68. The molecule has 0 radical (unpaired) electrons. The molecular formula is C10H14F2N4O. The van der Waals surface area contributed by atoms with Gasteiger partial charge in [0, 0.05) is 6.20 Å². The van der Waals surface area contributed by atoms with E-state index in [4.69, 9.17) is 0 Å². The number of amides is 1. The van der Waals surface area contributed by atoms with E-state index in [2.05, 4.69) is 15.7 Å². The first-order valence-corrected chi connectivity index (χ1v) is 5.50. The zero-order valence-corrected chi connectivity index (χ0v) is 9.20. The molecule has 7 heteroatoms. The van der Waals surface area contributed by atoms with Crippen molar-refractivity contribution >= 4 is 11.6 Å². The fraction of sp³-hybridized carbons (Fsp3) is 0.600. The average molecular weight is 244 g/mol. The Morgan fingerprint density at radius 3 is 3.18 bits per heavy atom. The first-order valence-electron chi connectivity index (χ1n) is 5.50. The predicted octanol–water partition coefficient (Wildman–Crippen LogP) is 0.839. The van der Waals surface area contributed by atoms with Crippen LogP contribution >= 0.6 is 0 Å². The van der Waals surface area contributed by atoms with Crippen LogP contribution in [0.25, 0.3) is 0 Å². The van der Waals surface area contributed by atoms with E-state index < -0.39 is 13.0 Å². The van der Waals surface area contributed by atoms with Gasteiger partial charge in [0.2, 0.25) is 5.91 Å². The monoisotopic (exact) mass is 244 g/mol. The number of carbonyl (C=O) groups excluding carboxylic acids is 1. The third-order valence-corrected chi connectivity index (χ3v) is 2.60. The Hall–Kier alpha value is -1.50. The van der Waals surface area contributed by atoms with Crippen molar-refractivity contribution in [3.63, 3.8) is 0 Å². The minimum absolute atomic E-state index is 0.140. The third-order valence-electron chi connectivity index (χ3n) is 2.60. The zero-order chi connectivity index (χ0) is 12.3. The highest BCUT2D eigenvalue weighted by molar-refractivity contribution is 5.94. The molecule has 0 aromatic carbocycles. The summed E-state index contributed by atoms with van der Waals surface area (Å²) in [5, 5.41) is 9.44. The number of halogens is 2. The van der Waals surface area contributed by atoms with Crippen molar-refractivity contribution in [2.24, 2.45) is 0 Å². The molecule has 0 aliphatic carbocycles. The Labute approximate surface area is 97.2 Å². The molecule has 94 valence electrons. The van der Waals surface area contributed by atoms with Gasteiger partial charge in [-0.25, -0.2) is 8.78 Å². The second-order valence-electron chi connectivity index (χ2n) is 3.98. The maximum atomic E-state index is 12.1. The van der Waals surface area contributed by atoms with Crippen LogP contribution in [-0.4, -0.2) is 34.7 Å². The van der Waals surface area contributed by atoms with E-state index in [1.807, 2.05) is 0 Å². The molecule has 1 aromatic rings. The number of nitrogens with zero attached hydrogens (tertiary/aromatic N) is 2. The minimum Gasteiger partial charge on any atom is -0.322 e. The van der Waals surface area contributed by atoms with Crippen molar-refractivity contribution in [3.05, 3.63) is 12.4 Å². The lowest BCUT2D eigenvalue weighted by molar-refractivity contribution is -0.117. The molecule has 1 amide bonds. The summed E-state index contributed by atoms with van der Waals surface area (Å²) in [5.74, 6) is -0.140. The van der Waals surface area contributed by atoms with E-state index in [9.17, 15) is 13.6 Å². The summed E-state index contributed by atoms with van der Waals surface area (Å²) < 4.78 is 25.3. The maximum absolute atomic E-state index is 12.1. The van der Waals surface area contributed by atoms with Crippen LogP contribution in [0.15, 0.2) is 12.4 Å². The van der Waals surface area contributed by atoms with E-state index in [-0.39, 0.29) is 11.9 Å². The average Bonchev–Trinajstić information content (AvgIpc) is 2.87. The summed E-state index contributed by atoms with van der Waals surface area (Å²) in [6.45, 7) is 0.375. The Balaban J connectivity index is 1.89. The molecule has 2 heterocycles. The van der Waals surface area contributed by atoms with Crippen molar-refractivity contribution in [2.45, 2.75) is 31.9 Å². The van der Waals surface area contributed by atoms with Gasteiger partial charge >= 0.3 is 0 Å². The summed E-state index contributed by atoms with van der Waals surface area (Å²) in [4.78, 5) is 11.7. The van der Waals surface area contributed by atoms with Crippen LogP contribution in [-0.2, 0) is 11.3 Å². The van der Waals surface area contributed by atoms with Gasteiger partial charge in [-0.2, -0.15) is 5.10 Å². The molecule has 2 rings (SSSR count). The van der Waals surface area contributed by atoms with Crippen molar-refractivity contribution in [1.82, 2.24) is 15.1 Å². The first-order chi connectivity index (χ1) is 8.15. The van der Waals surface area contributed by atoms with E-state index in [0.29, 0.717) is 5.69 Å². The molecule has 17 heavy (non-hydrogen) atoms. The standard InChI is InChI=1S/C10H14F2N4O/c11-9(12)6-16-5-7(4-14-16)15-10(17)8-2-1-3-13-8/h4-5,8-9,13H,1-3,6H2,(H,15,17). The van der Waals surface area contributed by atoms with Crippen molar-refractivity contribution in [2.75, 3.05) is 11.9 Å². The molecule has 5 nitrogen and oxygen atoms in total. The van der Waals surface area contributed by atoms with Crippen molar-refractivity contribution < 1.29 is 13.6 Å². The number of hydrogen-bond donors (Lipinski definition) is 2. The van der Waals surface area contributed by atoms with Gasteiger partial charge in [-0.05, 0) is 19.4 Å². The Morgan fingerprint density at radius 2 is 2.53 bits per heavy atom. The van der Waals surface area contributed by atoms with Crippen molar-refractivity contribution in [1.29, 1.82) is 0 Å². The molecule has 1 saturated heterocycles. The molecule has 1 fully saturated rings. The van der Waals surface area contributed by atoms with Crippen LogP contribution in [0, 0.1) is 0 Å². The predicted molar refractivity (Wildman–Crippen MR) is 57.9 cm³/mol. The van der Waals surface area contributed by atoms with E-state index in [0.717, 1.165) is 24.1 Å². The summed E-state index contributed by atoms with van der Waals surface area (Å²) >= 11 is 0. The van der Waals surface area contributed by atoms with Crippen LogP contribution in [0.5, 0.6) is 0 Å². The SMILES string of the molecule is O=C(Nc1cnn(CC(F)F)c1)C1CCCN1. The minimum atomic E-state index is -2.45. The molecule has 1 aliphatic heterocycles. The number of aromatic nitrogens is 2. The lowest BCUT2D eigenvalue weighted by Crippen LogP contribution is -2.35. The highest BCUT2D eigenvalue weighted by Crippen LogP contribution is 2.10. The number of hydrogen-bond acceptors (Lipinski definition) is 3. The van der Waals surface area contributed by atoms with Gasteiger partial charge in [-0.15, -0.1) is 0 Å². The molecule has 0 spiro atoms. The van der Waals surface area contributed by atoms with Crippen LogP contribution < -0.4 is 10.6 Å². The van der Waals surface area contributed by atoms with Gasteiger partial charge in [0.15, 0.2) is 0 Å².